The minimum atomic E-state index is -0.614. The normalized spacial score (nSPS) is 20.5. The molecule has 1 saturated heterocycles. The van der Waals surface area contributed by atoms with Gasteiger partial charge in [-0.2, -0.15) is 0 Å². The number of likely N-dealkylation sites (tertiary alicyclic amines) is 1. The lowest BCUT2D eigenvalue weighted by molar-refractivity contribution is -0.165. The highest BCUT2D eigenvalue weighted by molar-refractivity contribution is 5.89. The van der Waals surface area contributed by atoms with E-state index in [4.69, 9.17) is 23.7 Å². The van der Waals surface area contributed by atoms with Gasteiger partial charge in [0, 0.05) is 6.54 Å². The maximum atomic E-state index is 13.1. The highest BCUT2D eigenvalue weighted by atomic mass is 16.7. The van der Waals surface area contributed by atoms with E-state index in [2.05, 4.69) is 0 Å². The van der Waals surface area contributed by atoms with Gasteiger partial charge < -0.3 is 28.6 Å². The van der Waals surface area contributed by atoms with Crippen LogP contribution in [0.25, 0.3) is 0 Å². The minimum Gasteiger partial charge on any atom is -0.478 e. The van der Waals surface area contributed by atoms with Gasteiger partial charge in [0.25, 0.3) is 5.91 Å². The number of nitrogens with zero attached hydrogens (tertiary/aromatic N) is 1. The molecule has 3 aliphatic rings. The Morgan fingerprint density at radius 3 is 2.26 bits per heavy atom. The molecular formula is C24H19NO6. The van der Waals surface area contributed by atoms with Crippen LogP contribution in [0.4, 0.5) is 0 Å². The van der Waals surface area contributed by atoms with Crippen molar-refractivity contribution in [3.05, 3.63) is 77.9 Å². The monoisotopic (exact) mass is 417 g/mol. The van der Waals surface area contributed by atoms with Crippen LogP contribution in [0, 0.1) is 0 Å². The Balaban J connectivity index is 1.31. The van der Waals surface area contributed by atoms with Crippen molar-refractivity contribution >= 4 is 5.91 Å². The van der Waals surface area contributed by atoms with Crippen LogP contribution in [0.1, 0.15) is 17.2 Å². The molecule has 0 radical (unpaired) electrons. The molecule has 0 aromatic heterocycles. The summed E-state index contributed by atoms with van der Waals surface area (Å²) in [5.41, 5.74) is 1.90. The fourth-order valence-corrected chi connectivity index (χ4v) is 4.14. The van der Waals surface area contributed by atoms with Crippen molar-refractivity contribution in [2.45, 2.75) is 18.7 Å². The zero-order valence-electron chi connectivity index (χ0n) is 16.5. The molecule has 3 aromatic carbocycles. The number of benzene rings is 3. The SMILES string of the molecule is O=C1[C@@H](Oc2ccccc2)[C@H](c2ccc3c(c2)OCO3)N1Cc1ccc2c(c1)OCO2. The molecule has 0 spiro atoms. The van der Waals surface area contributed by atoms with E-state index in [0.717, 1.165) is 16.9 Å². The molecule has 156 valence electrons. The first kappa shape index (κ1) is 17.9. The summed E-state index contributed by atoms with van der Waals surface area (Å²) in [7, 11) is 0. The summed E-state index contributed by atoms with van der Waals surface area (Å²) in [6.07, 6.45) is -0.614. The molecule has 0 aliphatic carbocycles. The van der Waals surface area contributed by atoms with Crippen LogP contribution in [0.5, 0.6) is 28.7 Å². The third kappa shape index (κ3) is 3.09. The molecule has 2 atom stereocenters. The third-order valence-corrected chi connectivity index (χ3v) is 5.68. The molecule has 1 fully saturated rings. The van der Waals surface area contributed by atoms with Crippen molar-refractivity contribution in [2.75, 3.05) is 13.6 Å². The number of β-lactam (4-membered cyclic amide) rings is 1. The fraction of sp³-hybridized carbons (Fsp3) is 0.208. The van der Waals surface area contributed by atoms with E-state index >= 15 is 0 Å². The highest BCUT2D eigenvalue weighted by Gasteiger charge is 2.50. The molecule has 3 aromatic rings. The number of rotatable bonds is 5. The average Bonchev–Trinajstić information content (AvgIpc) is 3.47. The fourth-order valence-electron chi connectivity index (χ4n) is 4.14. The van der Waals surface area contributed by atoms with Gasteiger partial charge in [-0.15, -0.1) is 0 Å². The Morgan fingerprint density at radius 1 is 0.806 bits per heavy atom. The summed E-state index contributed by atoms with van der Waals surface area (Å²) >= 11 is 0. The van der Waals surface area contributed by atoms with E-state index in [1.54, 1.807) is 0 Å². The van der Waals surface area contributed by atoms with E-state index < -0.39 is 6.10 Å². The zero-order chi connectivity index (χ0) is 20.8. The molecule has 0 unspecified atom stereocenters. The van der Waals surface area contributed by atoms with Crippen LogP contribution in [0.15, 0.2) is 66.7 Å². The molecule has 6 rings (SSSR count). The van der Waals surface area contributed by atoms with E-state index in [-0.39, 0.29) is 25.5 Å². The van der Waals surface area contributed by atoms with Crippen LogP contribution in [-0.2, 0) is 11.3 Å². The summed E-state index contributed by atoms with van der Waals surface area (Å²) in [4.78, 5) is 14.9. The van der Waals surface area contributed by atoms with Crippen molar-refractivity contribution in [1.29, 1.82) is 0 Å². The van der Waals surface area contributed by atoms with Crippen LogP contribution in [0.2, 0.25) is 0 Å². The summed E-state index contributed by atoms with van der Waals surface area (Å²) in [5, 5.41) is 0. The quantitative estimate of drug-likeness (QED) is 0.590. The summed E-state index contributed by atoms with van der Waals surface area (Å²) < 4.78 is 27.9. The Bertz CT molecular complexity index is 1150. The largest absolute Gasteiger partial charge is 0.478 e. The van der Waals surface area contributed by atoms with Gasteiger partial charge >= 0.3 is 0 Å². The average molecular weight is 417 g/mol. The van der Waals surface area contributed by atoms with Gasteiger partial charge in [-0.1, -0.05) is 30.3 Å². The Kier molecular flexibility index (Phi) is 4.12. The number of hydrogen-bond acceptors (Lipinski definition) is 6. The van der Waals surface area contributed by atoms with Gasteiger partial charge in [0.1, 0.15) is 11.8 Å². The van der Waals surface area contributed by atoms with Crippen LogP contribution >= 0.6 is 0 Å². The number of hydrogen-bond donors (Lipinski definition) is 0. The maximum absolute atomic E-state index is 13.1. The van der Waals surface area contributed by atoms with Crippen LogP contribution in [-0.4, -0.2) is 30.5 Å². The Hall–Kier alpha value is -3.87. The lowest BCUT2D eigenvalue weighted by Crippen LogP contribution is -2.60. The smallest absolute Gasteiger partial charge is 0.267 e. The van der Waals surface area contributed by atoms with Gasteiger partial charge in [-0.3, -0.25) is 4.79 Å². The number of carbonyl (C=O) groups is 1. The maximum Gasteiger partial charge on any atom is 0.267 e. The molecule has 1 amide bonds. The molecule has 7 nitrogen and oxygen atoms in total. The highest BCUT2D eigenvalue weighted by Crippen LogP contribution is 2.43. The van der Waals surface area contributed by atoms with Crippen molar-refractivity contribution < 1.29 is 28.5 Å². The predicted octanol–water partition coefficient (Wildman–Crippen LogP) is 3.68. The van der Waals surface area contributed by atoms with Crippen molar-refractivity contribution in [1.82, 2.24) is 4.90 Å². The van der Waals surface area contributed by atoms with Gasteiger partial charge in [-0.05, 0) is 47.5 Å². The van der Waals surface area contributed by atoms with Crippen LogP contribution < -0.4 is 23.7 Å². The molecule has 0 N–H and O–H groups in total. The van der Waals surface area contributed by atoms with Crippen molar-refractivity contribution in [3.63, 3.8) is 0 Å². The number of fused-ring (bicyclic) bond motifs is 2. The second-order valence-corrected chi connectivity index (χ2v) is 7.56. The van der Waals surface area contributed by atoms with E-state index in [0.29, 0.717) is 29.5 Å². The minimum absolute atomic E-state index is 0.0656. The first-order valence-electron chi connectivity index (χ1n) is 10.1. The van der Waals surface area contributed by atoms with Crippen molar-refractivity contribution in [2.24, 2.45) is 0 Å². The van der Waals surface area contributed by atoms with Gasteiger partial charge in [0.05, 0.1) is 0 Å². The molecule has 0 saturated carbocycles. The van der Waals surface area contributed by atoms with E-state index in [9.17, 15) is 4.79 Å². The number of ether oxygens (including phenoxy) is 5. The predicted molar refractivity (Wildman–Crippen MR) is 109 cm³/mol. The molecule has 3 heterocycles. The van der Waals surface area contributed by atoms with Crippen molar-refractivity contribution in [3.8, 4) is 28.7 Å². The number of amides is 1. The second-order valence-electron chi connectivity index (χ2n) is 7.56. The number of carbonyl (C=O) groups excluding carboxylic acids is 1. The first-order chi connectivity index (χ1) is 15.3. The van der Waals surface area contributed by atoms with E-state index in [1.807, 2.05) is 71.6 Å². The number of para-hydroxylation sites is 1. The third-order valence-electron chi connectivity index (χ3n) is 5.68. The van der Waals surface area contributed by atoms with Gasteiger partial charge in [0.2, 0.25) is 19.7 Å². The summed E-state index contributed by atoms with van der Waals surface area (Å²) in [5.74, 6) is 3.40. The lowest BCUT2D eigenvalue weighted by atomic mass is 9.89. The molecular weight excluding hydrogens is 398 g/mol. The zero-order valence-corrected chi connectivity index (χ0v) is 16.5. The topological polar surface area (TPSA) is 66.5 Å². The Morgan fingerprint density at radius 2 is 1.48 bits per heavy atom. The molecule has 3 aliphatic heterocycles. The molecule has 0 bridgehead atoms. The lowest BCUT2D eigenvalue weighted by Gasteiger charge is -2.46. The molecule has 7 heteroatoms. The van der Waals surface area contributed by atoms with E-state index in [1.165, 1.54) is 0 Å². The van der Waals surface area contributed by atoms with Crippen LogP contribution in [0.3, 0.4) is 0 Å². The summed E-state index contributed by atoms with van der Waals surface area (Å²) in [6, 6.07) is 20.6. The second kappa shape index (κ2) is 7.12. The standard InChI is InChI=1S/C24H19NO6/c26-24-23(31-17-4-2-1-3-5-17)22(16-7-9-19-21(11-16)30-14-28-19)25(24)12-15-6-8-18-20(10-15)29-13-27-18/h1-11,22-23H,12-14H2/t22-,23-/m0/s1. The molecule has 31 heavy (non-hydrogen) atoms. The summed E-state index contributed by atoms with van der Waals surface area (Å²) in [6.45, 7) is 0.852. The first-order valence-corrected chi connectivity index (χ1v) is 10.1. The van der Waals surface area contributed by atoms with Gasteiger partial charge in [-0.25, -0.2) is 0 Å². The van der Waals surface area contributed by atoms with Gasteiger partial charge in [0.15, 0.2) is 23.0 Å². The Labute approximate surface area is 178 Å².